The molecule has 4 heteroatoms. The molecule has 0 radical (unpaired) electrons. The molecule has 0 bridgehead atoms. The maximum Gasteiger partial charge on any atom is 0.116 e. The molecular weight excluding hydrogens is 238 g/mol. The molecule has 19 heavy (non-hydrogen) atoms. The van der Waals surface area contributed by atoms with Gasteiger partial charge in [0.2, 0.25) is 0 Å². The van der Waals surface area contributed by atoms with Crippen molar-refractivity contribution >= 4 is 10.9 Å². The Hall–Kier alpha value is -2.20. The SMILES string of the molecule is COCCn1ccc(-c2ccc3ncncc3c2)c1. The van der Waals surface area contributed by atoms with E-state index in [1.807, 2.05) is 12.3 Å². The third-order valence-corrected chi connectivity index (χ3v) is 3.14. The minimum absolute atomic E-state index is 0.722. The summed E-state index contributed by atoms with van der Waals surface area (Å²) in [5.41, 5.74) is 3.35. The molecule has 2 aromatic heterocycles. The zero-order chi connectivity index (χ0) is 13.1. The molecule has 1 aromatic carbocycles. The van der Waals surface area contributed by atoms with E-state index in [0.29, 0.717) is 0 Å². The van der Waals surface area contributed by atoms with Crippen molar-refractivity contribution < 1.29 is 4.74 Å². The normalized spacial score (nSPS) is 11.0. The highest BCUT2D eigenvalue weighted by Crippen LogP contribution is 2.23. The van der Waals surface area contributed by atoms with Gasteiger partial charge >= 0.3 is 0 Å². The summed E-state index contributed by atoms with van der Waals surface area (Å²) in [5.74, 6) is 0. The van der Waals surface area contributed by atoms with Crippen molar-refractivity contribution in [3.8, 4) is 11.1 Å². The van der Waals surface area contributed by atoms with Gasteiger partial charge in [-0.3, -0.25) is 0 Å². The van der Waals surface area contributed by atoms with Crippen LogP contribution >= 0.6 is 0 Å². The number of nitrogens with zero attached hydrogens (tertiary/aromatic N) is 3. The largest absolute Gasteiger partial charge is 0.383 e. The molecule has 0 N–H and O–H groups in total. The Morgan fingerprint density at radius 1 is 1.21 bits per heavy atom. The lowest BCUT2D eigenvalue weighted by atomic mass is 10.1. The third-order valence-electron chi connectivity index (χ3n) is 3.14. The second-order valence-corrected chi connectivity index (χ2v) is 4.43. The number of ether oxygens (including phenoxy) is 1. The predicted molar refractivity (Wildman–Crippen MR) is 74.8 cm³/mol. The summed E-state index contributed by atoms with van der Waals surface area (Å²) in [6.07, 6.45) is 7.61. The molecule has 0 fully saturated rings. The second-order valence-electron chi connectivity index (χ2n) is 4.43. The topological polar surface area (TPSA) is 39.9 Å². The van der Waals surface area contributed by atoms with Gasteiger partial charge in [0.15, 0.2) is 0 Å². The molecule has 2 heterocycles. The van der Waals surface area contributed by atoms with E-state index >= 15 is 0 Å². The van der Waals surface area contributed by atoms with E-state index in [0.717, 1.165) is 24.1 Å². The van der Waals surface area contributed by atoms with Gasteiger partial charge in [-0.2, -0.15) is 0 Å². The Morgan fingerprint density at radius 3 is 3.05 bits per heavy atom. The summed E-state index contributed by atoms with van der Waals surface area (Å²) in [6.45, 7) is 1.59. The molecule has 96 valence electrons. The predicted octanol–water partition coefficient (Wildman–Crippen LogP) is 2.74. The number of rotatable bonds is 4. The van der Waals surface area contributed by atoms with Crippen molar-refractivity contribution in [3.05, 3.63) is 49.2 Å². The molecule has 0 saturated heterocycles. The van der Waals surface area contributed by atoms with Crippen molar-refractivity contribution in [3.63, 3.8) is 0 Å². The highest BCUT2D eigenvalue weighted by atomic mass is 16.5. The number of hydrogen-bond acceptors (Lipinski definition) is 3. The molecule has 0 aliphatic rings. The first-order valence-electron chi connectivity index (χ1n) is 6.22. The van der Waals surface area contributed by atoms with Crippen LogP contribution in [-0.2, 0) is 11.3 Å². The maximum atomic E-state index is 5.08. The van der Waals surface area contributed by atoms with E-state index in [9.17, 15) is 0 Å². The fraction of sp³-hybridized carbons (Fsp3) is 0.200. The molecule has 0 amide bonds. The van der Waals surface area contributed by atoms with Gasteiger partial charge in [-0.15, -0.1) is 0 Å². The fourth-order valence-electron chi connectivity index (χ4n) is 2.11. The van der Waals surface area contributed by atoms with Crippen molar-refractivity contribution in [2.45, 2.75) is 6.54 Å². The molecule has 0 aliphatic heterocycles. The fourth-order valence-corrected chi connectivity index (χ4v) is 2.11. The van der Waals surface area contributed by atoms with Crippen LogP contribution < -0.4 is 0 Å². The summed E-state index contributed by atoms with van der Waals surface area (Å²) in [7, 11) is 1.72. The third kappa shape index (κ3) is 2.48. The van der Waals surface area contributed by atoms with E-state index in [2.05, 4.69) is 45.1 Å². The highest BCUT2D eigenvalue weighted by Gasteiger charge is 2.02. The molecule has 4 nitrogen and oxygen atoms in total. The Morgan fingerprint density at radius 2 is 2.16 bits per heavy atom. The Kier molecular flexibility index (Phi) is 3.25. The first kappa shape index (κ1) is 11.9. The number of fused-ring (bicyclic) bond motifs is 1. The molecule has 0 atom stereocenters. The van der Waals surface area contributed by atoms with Gasteiger partial charge in [0.05, 0.1) is 12.1 Å². The molecular formula is C15H15N3O. The second kappa shape index (κ2) is 5.20. The van der Waals surface area contributed by atoms with Gasteiger partial charge < -0.3 is 9.30 Å². The molecule has 0 saturated carbocycles. The first-order chi connectivity index (χ1) is 9.36. The smallest absolute Gasteiger partial charge is 0.116 e. The molecule has 3 aromatic rings. The number of aromatic nitrogens is 3. The van der Waals surface area contributed by atoms with E-state index in [4.69, 9.17) is 4.74 Å². The van der Waals surface area contributed by atoms with Gasteiger partial charge in [-0.1, -0.05) is 6.07 Å². The van der Waals surface area contributed by atoms with Gasteiger partial charge in [0, 0.05) is 37.6 Å². The Labute approximate surface area is 111 Å². The van der Waals surface area contributed by atoms with Crippen LogP contribution in [0.3, 0.4) is 0 Å². The standard InChI is InChI=1S/C15H15N3O/c1-19-7-6-18-5-4-13(10-18)12-2-3-15-14(8-12)9-16-11-17-15/h2-5,8-11H,6-7H2,1H3. The lowest BCUT2D eigenvalue weighted by Crippen LogP contribution is -2.00. The van der Waals surface area contributed by atoms with E-state index in [-0.39, 0.29) is 0 Å². The molecule has 0 spiro atoms. The summed E-state index contributed by atoms with van der Waals surface area (Å²) in [4.78, 5) is 8.29. The van der Waals surface area contributed by atoms with Gasteiger partial charge in [0.25, 0.3) is 0 Å². The van der Waals surface area contributed by atoms with Crippen molar-refractivity contribution in [1.82, 2.24) is 14.5 Å². The van der Waals surface area contributed by atoms with Crippen LogP contribution in [-0.4, -0.2) is 28.3 Å². The van der Waals surface area contributed by atoms with Crippen LogP contribution in [0.4, 0.5) is 0 Å². The average Bonchev–Trinajstić information content (AvgIpc) is 2.93. The van der Waals surface area contributed by atoms with Crippen LogP contribution in [0, 0.1) is 0 Å². The molecule has 3 rings (SSSR count). The van der Waals surface area contributed by atoms with Crippen LogP contribution in [0.1, 0.15) is 0 Å². The molecule has 0 unspecified atom stereocenters. The minimum Gasteiger partial charge on any atom is -0.383 e. The number of methoxy groups -OCH3 is 1. The van der Waals surface area contributed by atoms with Gasteiger partial charge in [0.1, 0.15) is 6.33 Å². The summed E-state index contributed by atoms with van der Waals surface area (Å²) in [5, 5.41) is 1.06. The summed E-state index contributed by atoms with van der Waals surface area (Å²) >= 11 is 0. The van der Waals surface area contributed by atoms with Crippen LogP contribution in [0.5, 0.6) is 0 Å². The zero-order valence-electron chi connectivity index (χ0n) is 10.8. The Bertz CT molecular complexity index is 690. The molecule has 0 aliphatic carbocycles. The zero-order valence-corrected chi connectivity index (χ0v) is 10.8. The highest BCUT2D eigenvalue weighted by molar-refractivity contribution is 5.83. The quantitative estimate of drug-likeness (QED) is 0.717. The van der Waals surface area contributed by atoms with E-state index in [1.165, 1.54) is 11.1 Å². The lowest BCUT2D eigenvalue weighted by Gasteiger charge is -2.02. The van der Waals surface area contributed by atoms with Gasteiger partial charge in [-0.25, -0.2) is 9.97 Å². The average molecular weight is 253 g/mol. The summed E-state index contributed by atoms with van der Waals surface area (Å²) in [6, 6.07) is 8.34. The van der Waals surface area contributed by atoms with Crippen molar-refractivity contribution in [1.29, 1.82) is 0 Å². The van der Waals surface area contributed by atoms with Crippen LogP contribution in [0.2, 0.25) is 0 Å². The van der Waals surface area contributed by atoms with Crippen molar-refractivity contribution in [2.24, 2.45) is 0 Å². The summed E-state index contributed by atoms with van der Waals surface area (Å²) < 4.78 is 7.21. The first-order valence-corrected chi connectivity index (χ1v) is 6.22. The number of benzene rings is 1. The lowest BCUT2D eigenvalue weighted by molar-refractivity contribution is 0.187. The monoisotopic (exact) mass is 253 g/mol. The van der Waals surface area contributed by atoms with E-state index in [1.54, 1.807) is 13.4 Å². The van der Waals surface area contributed by atoms with E-state index < -0.39 is 0 Å². The Balaban J connectivity index is 1.92. The van der Waals surface area contributed by atoms with Crippen LogP contribution in [0.15, 0.2) is 49.2 Å². The van der Waals surface area contributed by atoms with Crippen LogP contribution in [0.25, 0.3) is 22.0 Å². The minimum atomic E-state index is 0.722. The number of hydrogen-bond donors (Lipinski definition) is 0. The van der Waals surface area contributed by atoms with Crippen molar-refractivity contribution in [2.75, 3.05) is 13.7 Å². The maximum absolute atomic E-state index is 5.08. The van der Waals surface area contributed by atoms with Gasteiger partial charge in [-0.05, 0) is 29.3 Å².